The van der Waals surface area contributed by atoms with E-state index in [1.54, 1.807) is 55.6 Å². The Morgan fingerprint density at radius 3 is 2.71 bits per heavy atom. The Balaban J connectivity index is 1.97. The smallest absolute Gasteiger partial charge is 0.258 e. The van der Waals surface area contributed by atoms with Crippen molar-refractivity contribution >= 4 is 34.6 Å². The Hall–Kier alpha value is -3.46. The van der Waals surface area contributed by atoms with Crippen molar-refractivity contribution in [3.05, 3.63) is 47.7 Å². The predicted octanol–water partition coefficient (Wildman–Crippen LogP) is 2.78. The van der Waals surface area contributed by atoms with Crippen molar-refractivity contribution in [3.8, 4) is 0 Å². The number of methoxy groups -OCH3 is 1. The minimum Gasteiger partial charge on any atom is -0.399 e. The average Bonchev–Trinajstić information content (AvgIpc) is 3.09. The average molecular weight is 425 g/mol. The summed E-state index contributed by atoms with van der Waals surface area (Å²) in [6, 6.07) is 8.48. The van der Waals surface area contributed by atoms with E-state index >= 15 is 0 Å². The van der Waals surface area contributed by atoms with E-state index in [9.17, 15) is 9.59 Å². The molecule has 1 aromatic carbocycles. The van der Waals surface area contributed by atoms with E-state index in [0.29, 0.717) is 53.5 Å². The molecular formula is C22H28N6O3. The number of nitrogens with two attached hydrogens (primary N) is 1. The van der Waals surface area contributed by atoms with Gasteiger partial charge in [0.05, 0.1) is 5.56 Å². The maximum atomic E-state index is 12.7. The molecule has 9 heteroatoms. The van der Waals surface area contributed by atoms with Crippen LogP contribution in [0.15, 0.2) is 36.5 Å². The van der Waals surface area contributed by atoms with Crippen LogP contribution in [0, 0.1) is 0 Å². The number of pyridine rings is 1. The maximum Gasteiger partial charge on any atom is 0.258 e. The fourth-order valence-electron chi connectivity index (χ4n) is 3.09. The summed E-state index contributed by atoms with van der Waals surface area (Å²) in [5, 5.41) is 2.84. The first-order chi connectivity index (χ1) is 14.8. The van der Waals surface area contributed by atoms with E-state index in [4.69, 9.17) is 10.5 Å². The van der Waals surface area contributed by atoms with Gasteiger partial charge in [-0.2, -0.15) is 0 Å². The Kier molecular flexibility index (Phi) is 6.86. The van der Waals surface area contributed by atoms with E-state index in [1.807, 2.05) is 18.4 Å². The van der Waals surface area contributed by atoms with Crippen LogP contribution < -0.4 is 11.1 Å². The van der Waals surface area contributed by atoms with Crippen molar-refractivity contribution in [2.75, 3.05) is 31.8 Å². The molecule has 3 aromatic rings. The van der Waals surface area contributed by atoms with Crippen LogP contribution in [0.5, 0.6) is 0 Å². The number of hydrogen-bond donors (Lipinski definition) is 2. The second-order valence-corrected chi connectivity index (χ2v) is 7.59. The molecule has 164 valence electrons. The number of amides is 2. The zero-order valence-corrected chi connectivity index (χ0v) is 18.3. The van der Waals surface area contributed by atoms with Gasteiger partial charge in [0.15, 0.2) is 5.65 Å². The SMILES string of the molecule is COCCCn1c(NC(=O)c2cccc(N)c2)nc2cc(C(=O)N(C)C(C)C)cnc21. The van der Waals surface area contributed by atoms with Crippen LogP contribution in [0.2, 0.25) is 0 Å². The van der Waals surface area contributed by atoms with Gasteiger partial charge in [0, 0.05) is 50.8 Å². The van der Waals surface area contributed by atoms with Gasteiger partial charge in [-0.3, -0.25) is 19.5 Å². The molecule has 31 heavy (non-hydrogen) atoms. The van der Waals surface area contributed by atoms with Crippen LogP contribution in [0.25, 0.3) is 11.2 Å². The molecule has 0 saturated carbocycles. The number of carbonyl (C=O) groups is 2. The number of nitrogens with zero attached hydrogens (tertiary/aromatic N) is 4. The number of carbonyl (C=O) groups excluding carboxylic acids is 2. The minimum absolute atomic E-state index is 0.0583. The lowest BCUT2D eigenvalue weighted by atomic mass is 10.2. The minimum atomic E-state index is -0.327. The standard InChI is InChI=1S/C22H28N6O3/c1-14(2)27(3)21(30)16-12-18-19(24-13-16)28(9-6-10-31-4)22(25-18)26-20(29)15-7-5-8-17(23)11-15/h5,7-8,11-14H,6,9-10,23H2,1-4H3,(H,25,26,29). The Morgan fingerprint density at radius 1 is 1.26 bits per heavy atom. The molecule has 0 bridgehead atoms. The summed E-state index contributed by atoms with van der Waals surface area (Å²) in [4.78, 5) is 36.1. The monoisotopic (exact) mass is 424 g/mol. The van der Waals surface area contributed by atoms with Gasteiger partial charge < -0.3 is 15.4 Å². The van der Waals surface area contributed by atoms with Crippen LogP contribution in [0.4, 0.5) is 11.6 Å². The van der Waals surface area contributed by atoms with Gasteiger partial charge in [-0.15, -0.1) is 0 Å². The number of nitrogen functional groups attached to an aromatic ring is 1. The summed E-state index contributed by atoms with van der Waals surface area (Å²) < 4.78 is 6.97. The van der Waals surface area contributed by atoms with E-state index in [1.165, 1.54) is 0 Å². The van der Waals surface area contributed by atoms with Crippen molar-refractivity contribution in [2.24, 2.45) is 0 Å². The Morgan fingerprint density at radius 2 is 2.03 bits per heavy atom. The molecule has 0 aliphatic rings. The van der Waals surface area contributed by atoms with Gasteiger partial charge in [0.1, 0.15) is 5.52 Å². The number of nitrogens with one attached hydrogen (secondary N) is 1. The number of imidazole rings is 1. The fourth-order valence-corrected chi connectivity index (χ4v) is 3.09. The normalized spacial score (nSPS) is 11.1. The molecule has 0 fully saturated rings. The van der Waals surface area contributed by atoms with E-state index in [0.717, 1.165) is 0 Å². The summed E-state index contributed by atoms with van der Waals surface area (Å²) >= 11 is 0. The van der Waals surface area contributed by atoms with Crippen molar-refractivity contribution < 1.29 is 14.3 Å². The van der Waals surface area contributed by atoms with Gasteiger partial charge in [0.25, 0.3) is 11.8 Å². The zero-order valence-electron chi connectivity index (χ0n) is 18.3. The molecular weight excluding hydrogens is 396 g/mol. The van der Waals surface area contributed by atoms with E-state index in [-0.39, 0.29) is 17.9 Å². The molecule has 3 N–H and O–H groups in total. The molecule has 0 radical (unpaired) electrons. The number of aromatic nitrogens is 3. The summed E-state index contributed by atoms with van der Waals surface area (Å²) in [5.41, 5.74) is 8.28. The van der Waals surface area contributed by atoms with Crippen LogP contribution in [0.1, 0.15) is 41.0 Å². The van der Waals surface area contributed by atoms with Gasteiger partial charge >= 0.3 is 0 Å². The number of fused-ring (bicyclic) bond motifs is 1. The van der Waals surface area contributed by atoms with Gasteiger partial charge in [-0.25, -0.2) is 9.97 Å². The van der Waals surface area contributed by atoms with Crippen molar-refractivity contribution in [3.63, 3.8) is 0 Å². The fraction of sp³-hybridized carbons (Fsp3) is 0.364. The highest BCUT2D eigenvalue weighted by atomic mass is 16.5. The third-order valence-electron chi connectivity index (χ3n) is 5.03. The van der Waals surface area contributed by atoms with Crippen LogP contribution in [-0.4, -0.2) is 58.1 Å². The van der Waals surface area contributed by atoms with Crippen molar-refractivity contribution in [1.29, 1.82) is 0 Å². The van der Waals surface area contributed by atoms with E-state index < -0.39 is 0 Å². The number of hydrogen-bond acceptors (Lipinski definition) is 6. The topological polar surface area (TPSA) is 115 Å². The molecule has 0 saturated heterocycles. The van der Waals surface area contributed by atoms with Crippen LogP contribution in [-0.2, 0) is 11.3 Å². The predicted molar refractivity (Wildman–Crippen MR) is 120 cm³/mol. The number of aryl methyl sites for hydroxylation is 1. The third kappa shape index (κ3) is 5.00. The second kappa shape index (κ2) is 9.57. The number of anilines is 2. The Bertz CT molecular complexity index is 1090. The largest absolute Gasteiger partial charge is 0.399 e. The lowest BCUT2D eigenvalue weighted by Gasteiger charge is -2.21. The first kappa shape index (κ1) is 22.2. The van der Waals surface area contributed by atoms with Crippen molar-refractivity contribution in [1.82, 2.24) is 19.4 Å². The molecule has 0 atom stereocenters. The first-order valence-electron chi connectivity index (χ1n) is 10.1. The molecule has 3 rings (SSSR count). The van der Waals surface area contributed by atoms with Crippen molar-refractivity contribution in [2.45, 2.75) is 32.9 Å². The molecule has 2 heterocycles. The number of rotatable bonds is 8. The van der Waals surface area contributed by atoms with Crippen LogP contribution >= 0.6 is 0 Å². The quantitative estimate of drug-likeness (QED) is 0.424. The summed E-state index contributed by atoms with van der Waals surface area (Å²) in [6.45, 7) is 4.98. The zero-order chi connectivity index (χ0) is 22.5. The molecule has 9 nitrogen and oxygen atoms in total. The number of ether oxygens (including phenoxy) is 1. The second-order valence-electron chi connectivity index (χ2n) is 7.59. The molecule has 2 amide bonds. The maximum absolute atomic E-state index is 12.7. The lowest BCUT2D eigenvalue weighted by molar-refractivity contribution is 0.0754. The highest BCUT2D eigenvalue weighted by Crippen LogP contribution is 2.21. The summed E-state index contributed by atoms with van der Waals surface area (Å²) in [7, 11) is 3.38. The Labute approximate surface area is 181 Å². The lowest BCUT2D eigenvalue weighted by Crippen LogP contribution is -2.33. The highest BCUT2D eigenvalue weighted by molar-refractivity contribution is 6.04. The first-order valence-corrected chi connectivity index (χ1v) is 10.1. The molecule has 0 aliphatic carbocycles. The summed E-state index contributed by atoms with van der Waals surface area (Å²) in [6.07, 6.45) is 2.25. The highest BCUT2D eigenvalue weighted by Gasteiger charge is 2.19. The molecule has 0 unspecified atom stereocenters. The van der Waals surface area contributed by atoms with E-state index in [2.05, 4.69) is 15.3 Å². The third-order valence-corrected chi connectivity index (χ3v) is 5.03. The van der Waals surface area contributed by atoms with Crippen LogP contribution in [0.3, 0.4) is 0 Å². The van der Waals surface area contributed by atoms with Gasteiger partial charge in [-0.1, -0.05) is 6.07 Å². The van der Waals surface area contributed by atoms with Gasteiger partial charge in [0.2, 0.25) is 5.95 Å². The molecule has 0 spiro atoms. The van der Waals surface area contributed by atoms with Gasteiger partial charge in [-0.05, 0) is 44.5 Å². The summed E-state index contributed by atoms with van der Waals surface area (Å²) in [5.74, 6) is -0.108. The number of benzene rings is 1. The molecule has 2 aromatic heterocycles. The molecule has 0 aliphatic heterocycles.